The predicted molar refractivity (Wildman–Crippen MR) is 99.6 cm³/mol. The van der Waals surface area contributed by atoms with E-state index in [-0.39, 0.29) is 17.2 Å². The Kier molecular flexibility index (Phi) is 5.24. The summed E-state index contributed by atoms with van der Waals surface area (Å²) in [5, 5.41) is 8.85. The molecule has 0 aliphatic heterocycles. The summed E-state index contributed by atoms with van der Waals surface area (Å²) >= 11 is 0. The Bertz CT molecular complexity index is 1060. The Morgan fingerprint density at radius 1 is 1.33 bits per heavy atom. The van der Waals surface area contributed by atoms with Crippen LogP contribution in [0.4, 0.5) is 5.95 Å². The van der Waals surface area contributed by atoms with Gasteiger partial charge in [0, 0.05) is 33.5 Å². The molecule has 2 aromatic heterocycles. The second-order valence-electron chi connectivity index (χ2n) is 6.09. The van der Waals surface area contributed by atoms with Crippen molar-refractivity contribution in [1.29, 1.82) is 0 Å². The van der Waals surface area contributed by atoms with Crippen LogP contribution < -0.4 is 5.32 Å². The molecule has 0 aliphatic carbocycles. The summed E-state index contributed by atoms with van der Waals surface area (Å²) in [6, 6.07) is 4.89. The first-order chi connectivity index (χ1) is 12.8. The van der Waals surface area contributed by atoms with E-state index in [9.17, 15) is 13.2 Å². The van der Waals surface area contributed by atoms with Gasteiger partial charge in [-0.3, -0.25) is 10.1 Å². The van der Waals surface area contributed by atoms with Crippen LogP contribution in [0.2, 0.25) is 0 Å². The van der Waals surface area contributed by atoms with Crippen LogP contribution in [-0.4, -0.2) is 57.5 Å². The molecular weight excluding hydrogens is 370 g/mol. The largest absolute Gasteiger partial charge is 0.328 e. The zero-order valence-electron chi connectivity index (χ0n) is 15.3. The van der Waals surface area contributed by atoms with E-state index in [4.69, 9.17) is 0 Å². The number of imidazole rings is 1. The zero-order chi connectivity index (χ0) is 19.6. The number of nitrogens with one attached hydrogen (secondary N) is 2. The minimum Gasteiger partial charge on any atom is -0.328 e. The van der Waals surface area contributed by atoms with Crippen LogP contribution in [0, 0.1) is 0 Å². The van der Waals surface area contributed by atoms with Crippen LogP contribution in [0.15, 0.2) is 29.4 Å². The number of aromatic amines is 1. The second kappa shape index (κ2) is 7.45. The molecule has 27 heavy (non-hydrogen) atoms. The van der Waals surface area contributed by atoms with E-state index in [0.29, 0.717) is 24.4 Å². The third-order valence-electron chi connectivity index (χ3n) is 4.14. The molecule has 0 spiro atoms. The van der Waals surface area contributed by atoms with Gasteiger partial charge in [0.05, 0.1) is 15.9 Å². The molecule has 0 bridgehead atoms. The number of aromatic nitrogens is 5. The van der Waals surface area contributed by atoms with Crippen LogP contribution in [0.1, 0.15) is 19.2 Å². The Hall–Kier alpha value is -2.79. The molecule has 0 fully saturated rings. The van der Waals surface area contributed by atoms with Crippen molar-refractivity contribution in [3.05, 3.63) is 30.4 Å². The molecule has 0 aliphatic rings. The molecule has 0 radical (unpaired) electrons. The van der Waals surface area contributed by atoms with Crippen LogP contribution in [0.5, 0.6) is 0 Å². The third-order valence-corrected chi connectivity index (χ3v) is 5.95. The van der Waals surface area contributed by atoms with Crippen molar-refractivity contribution in [2.75, 3.05) is 19.4 Å². The quantitative estimate of drug-likeness (QED) is 0.619. The van der Waals surface area contributed by atoms with Gasteiger partial charge in [0.2, 0.25) is 21.9 Å². The standard InChI is InChI=1S/C16H21N7O3S/c1-4-23-13-6-5-11(27(25,26)22(2)3)9-12(13)19-14(23)7-8-15(24)20-16-17-10-18-21-16/h5-6,9-10H,4,7-8H2,1-3H3,(H2,17,18,20,21,24). The van der Waals surface area contributed by atoms with E-state index >= 15 is 0 Å². The summed E-state index contributed by atoms with van der Waals surface area (Å²) in [4.78, 5) is 20.6. The summed E-state index contributed by atoms with van der Waals surface area (Å²) in [5.41, 5.74) is 1.42. The molecule has 2 N–H and O–H groups in total. The lowest BCUT2D eigenvalue weighted by molar-refractivity contribution is -0.116. The van der Waals surface area contributed by atoms with Crippen molar-refractivity contribution < 1.29 is 13.2 Å². The topological polar surface area (TPSA) is 126 Å². The monoisotopic (exact) mass is 391 g/mol. The minimum absolute atomic E-state index is 0.190. The van der Waals surface area contributed by atoms with Crippen molar-refractivity contribution in [2.45, 2.75) is 31.2 Å². The zero-order valence-corrected chi connectivity index (χ0v) is 16.1. The van der Waals surface area contributed by atoms with E-state index in [1.54, 1.807) is 18.2 Å². The number of nitrogens with zero attached hydrogens (tertiary/aromatic N) is 5. The maximum Gasteiger partial charge on any atom is 0.242 e. The fourth-order valence-electron chi connectivity index (χ4n) is 2.76. The van der Waals surface area contributed by atoms with Crippen LogP contribution in [0.3, 0.4) is 0 Å². The van der Waals surface area contributed by atoms with Gasteiger partial charge in [0.1, 0.15) is 12.2 Å². The van der Waals surface area contributed by atoms with Gasteiger partial charge in [-0.2, -0.15) is 10.1 Å². The smallest absolute Gasteiger partial charge is 0.242 e. The second-order valence-corrected chi connectivity index (χ2v) is 8.24. The predicted octanol–water partition coefficient (Wildman–Crippen LogP) is 0.996. The molecule has 0 saturated carbocycles. The number of carbonyl (C=O) groups excluding carboxylic acids is 1. The van der Waals surface area contributed by atoms with Crippen molar-refractivity contribution in [2.24, 2.45) is 0 Å². The van der Waals surface area contributed by atoms with E-state index in [1.165, 1.54) is 24.7 Å². The van der Waals surface area contributed by atoms with Crippen LogP contribution in [0.25, 0.3) is 11.0 Å². The number of hydrogen-bond acceptors (Lipinski definition) is 6. The van der Waals surface area contributed by atoms with Crippen molar-refractivity contribution in [3.63, 3.8) is 0 Å². The number of H-pyrrole nitrogens is 1. The number of aryl methyl sites for hydroxylation is 2. The lowest BCUT2D eigenvalue weighted by Gasteiger charge is -2.11. The number of rotatable bonds is 7. The number of hydrogen-bond donors (Lipinski definition) is 2. The van der Waals surface area contributed by atoms with E-state index in [1.807, 2.05) is 11.5 Å². The first kappa shape index (κ1) is 19.0. The Balaban J connectivity index is 1.84. The molecule has 11 heteroatoms. The maximum absolute atomic E-state index is 12.3. The highest BCUT2D eigenvalue weighted by Gasteiger charge is 2.19. The minimum atomic E-state index is -3.53. The van der Waals surface area contributed by atoms with Crippen LogP contribution in [-0.2, 0) is 27.8 Å². The summed E-state index contributed by atoms with van der Waals surface area (Å²) in [6.07, 6.45) is 1.94. The Morgan fingerprint density at radius 2 is 2.11 bits per heavy atom. The van der Waals surface area contributed by atoms with Gasteiger partial charge < -0.3 is 4.57 Å². The Labute approximate surface area is 156 Å². The first-order valence-corrected chi connectivity index (χ1v) is 9.84. The van der Waals surface area contributed by atoms with Crippen molar-refractivity contribution >= 4 is 32.9 Å². The van der Waals surface area contributed by atoms with Gasteiger partial charge in [-0.1, -0.05) is 0 Å². The fourth-order valence-corrected chi connectivity index (χ4v) is 3.68. The van der Waals surface area contributed by atoms with E-state index in [2.05, 4.69) is 25.5 Å². The number of fused-ring (bicyclic) bond motifs is 1. The van der Waals surface area contributed by atoms with E-state index in [0.717, 1.165) is 11.3 Å². The van der Waals surface area contributed by atoms with Gasteiger partial charge >= 0.3 is 0 Å². The lowest BCUT2D eigenvalue weighted by Crippen LogP contribution is -2.22. The number of amides is 1. The molecule has 2 heterocycles. The first-order valence-electron chi connectivity index (χ1n) is 8.40. The summed E-state index contributed by atoms with van der Waals surface area (Å²) < 4.78 is 27.8. The number of carbonyl (C=O) groups is 1. The van der Waals surface area contributed by atoms with Gasteiger partial charge in [-0.05, 0) is 25.1 Å². The maximum atomic E-state index is 12.3. The molecule has 144 valence electrons. The molecule has 3 aromatic rings. The van der Waals surface area contributed by atoms with Gasteiger partial charge in [-0.25, -0.2) is 22.8 Å². The summed E-state index contributed by atoms with van der Waals surface area (Å²) in [5.74, 6) is 0.805. The van der Waals surface area contributed by atoms with E-state index < -0.39 is 10.0 Å². The average Bonchev–Trinajstić information content (AvgIpc) is 3.25. The SMILES string of the molecule is CCn1c(CCC(=O)Nc2ncn[nH]2)nc2cc(S(=O)(=O)N(C)C)ccc21. The van der Waals surface area contributed by atoms with Crippen molar-refractivity contribution in [1.82, 2.24) is 29.0 Å². The highest BCUT2D eigenvalue weighted by Crippen LogP contribution is 2.22. The number of sulfonamides is 1. The highest BCUT2D eigenvalue weighted by atomic mass is 32.2. The summed E-state index contributed by atoms with van der Waals surface area (Å²) in [7, 11) is -0.552. The van der Waals surface area contributed by atoms with Gasteiger partial charge in [0.25, 0.3) is 0 Å². The molecule has 0 unspecified atom stereocenters. The van der Waals surface area contributed by atoms with Gasteiger partial charge in [0.15, 0.2) is 0 Å². The Morgan fingerprint density at radius 3 is 2.74 bits per heavy atom. The molecule has 0 saturated heterocycles. The molecule has 1 amide bonds. The lowest BCUT2D eigenvalue weighted by atomic mass is 10.3. The average molecular weight is 391 g/mol. The molecule has 1 aromatic carbocycles. The molecular formula is C16H21N7O3S. The normalized spacial score (nSPS) is 12.0. The molecule has 0 atom stereocenters. The summed E-state index contributed by atoms with van der Waals surface area (Å²) in [6.45, 7) is 2.64. The number of benzene rings is 1. The fraction of sp³-hybridized carbons (Fsp3) is 0.375. The molecule has 10 nitrogen and oxygen atoms in total. The number of anilines is 1. The molecule has 3 rings (SSSR count). The van der Waals surface area contributed by atoms with Gasteiger partial charge in [-0.15, -0.1) is 0 Å². The van der Waals surface area contributed by atoms with Crippen molar-refractivity contribution in [3.8, 4) is 0 Å². The van der Waals surface area contributed by atoms with Crippen LogP contribution >= 0.6 is 0 Å². The third kappa shape index (κ3) is 3.83. The highest BCUT2D eigenvalue weighted by molar-refractivity contribution is 7.89.